The molecule has 1 aliphatic heterocycles. The second-order valence-corrected chi connectivity index (χ2v) is 2.81. The van der Waals surface area contributed by atoms with Crippen molar-refractivity contribution < 1.29 is 14.9 Å². The minimum Gasteiger partial charge on any atom is -0.388 e. The van der Waals surface area contributed by atoms with Gasteiger partial charge in [0.15, 0.2) is 0 Å². The van der Waals surface area contributed by atoms with Crippen LogP contribution in [0.5, 0.6) is 0 Å². The Morgan fingerprint density at radius 3 is 2.50 bits per heavy atom. The Morgan fingerprint density at radius 2 is 2.08 bits per heavy atom. The molecule has 3 heteroatoms. The van der Waals surface area contributed by atoms with Crippen molar-refractivity contribution in [1.29, 1.82) is 0 Å². The first-order chi connectivity index (χ1) is 5.66. The Bertz CT molecular complexity index is 216. The molecule has 1 unspecified atom stereocenters. The second kappa shape index (κ2) is 3.72. The van der Waals surface area contributed by atoms with Gasteiger partial charge in [-0.3, -0.25) is 0 Å². The van der Waals surface area contributed by atoms with E-state index in [-0.39, 0.29) is 6.10 Å². The van der Waals surface area contributed by atoms with Crippen molar-refractivity contribution in [3.63, 3.8) is 0 Å². The molecule has 0 aliphatic carbocycles. The van der Waals surface area contributed by atoms with Gasteiger partial charge in [-0.2, -0.15) is 0 Å². The van der Waals surface area contributed by atoms with E-state index in [1.165, 1.54) is 6.08 Å². The SMILES string of the molecule is C#C/C=C/[C@H]1O[C@@H](C)C(O)[C@H]1O. The molecule has 0 amide bonds. The summed E-state index contributed by atoms with van der Waals surface area (Å²) in [5, 5.41) is 18.6. The molecule has 66 valence electrons. The van der Waals surface area contributed by atoms with Crippen molar-refractivity contribution in [2.24, 2.45) is 0 Å². The summed E-state index contributed by atoms with van der Waals surface area (Å²) < 4.78 is 5.21. The third kappa shape index (κ3) is 1.67. The van der Waals surface area contributed by atoms with E-state index in [9.17, 15) is 10.2 Å². The van der Waals surface area contributed by atoms with Gasteiger partial charge in [0.1, 0.15) is 18.3 Å². The molecule has 0 aromatic carbocycles. The highest BCUT2D eigenvalue weighted by Gasteiger charge is 2.38. The standard InChI is InChI=1S/C9H12O3/c1-3-4-5-7-9(11)8(10)6(2)12-7/h1,4-11H,2H3/b5-4+/t6-,7+,8?,9-/m0/s1. The molecule has 0 spiro atoms. The van der Waals surface area contributed by atoms with Crippen LogP contribution in [-0.4, -0.2) is 34.6 Å². The molecule has 1 heterocycles. The van der Waals surface area contributed by atoms with Gasteiger partial charge in [0.2, 0.25) is 0 Å². The highest BCUT2D eigenvalue weighted by atomic mass is 16.5. The predicted molar refractivity (Wildman–Crippen MR) is 44.3 cm³/mol. The van der Waals surface area contributed by atoms with Crippen LogP contribution in [0.2, 0.25) is 0 Å². The Balaban J connectivity index is 2.60. The van der Waals surface area contributed by atoms with E-state index in [4.69, 9.17) is 11.2 Å². The summed E-state index contributed by atoms with van der Waals surface area (Å²) in [7, 11) is 0. The lowest BCUT2D eigenvalue weighted by molar-refractivity contribution is 0.0316. The van der Waals surface area contributed by atoms with Gasteiger partial charge in [-0.15, -0.1) is 6.42 Å². The van der Waals surface area contributed by atoms with Crippen LogP contribution in [0.3, 0.4) is 0 Å². The molecule has 0 saturated carbocycles. The zero-order chi connectivity index (χ0) is 9.14. The van der Waals surface area contributed by atoms with E-state index in [1.54, 1.807) is 13.0 Å². The maximum atomic E-state index is 9.36. The summed E-state index contributed by atoms with van der Waals surface area (Å²) in [4.78, 5) is 0. The lowest BCUT2D eigenvalue weighted by atomic mass is 10.1. The fraction of sp³-hybridized carbons (Fsp3) is 0.556. The molecule has 12 heavy (non-hydrogen) atoms. The maximum Gasteiger partial charge on any atom is 0.112 e. The largest absolute Gasteiger partial charge is 0.388 e. The number of terminal acetylenes is 1. The Morgan fingerprint density at radius 1 is 1.42 bits per heavy atom. The zero-order valence-corrected chi connectivity index (χ0v) is 6.84. The Labute approximate surface area is 71.7 Å². The molecule has 0 radical (unpaired) electrons. The molecule has 2 N–H and O–H groups in total. The molecule has 0 bridgehead atoms. The topological polar surface area (TPSA) is 49.7 Å². The first-order valence-corrected chi connectivity index (χ1v) is 3.81. The number of rotatable bonds is 1. The highest BCUT2D eigenvalue weighted by molar-refractivity contribution is 5.13. The third-order valence-corrected chi connectivity index (χ3v) is 1.92. The van der Waals surface area contributed by atoms with Gasteiger partial charge in [0.25, 0.3) is 0 Å². The van der Waals surface area contributed by atoms with Crippen molar-refractivity contribution in [3.8, 4) is 12.3 Å². The number of hydrogen-bond acceptors (Lipinski definition) is 3. The molecule has 1 saturated heterocycles. The molecule has 1 rings (SSSR count). The molecule has 1 aliphatic rings. The first-order valence-electron chi connectivity index (χ1n) is 3.81. The summed E-state index contributed by atoms with van der Waals surface area (Å²) in [6, 6.07) is 0. The number of aliphatic hydroxyl groups is 2. The van der Waals surface area contributed by atoms with Crippen LogP contribution in [0.4, 0.5) is 0 Å². The quantitative estimate of drug-likeness (QED) is 0.528. The molecule has 3 nitrogen and oxygen atoms in total. The highest BCUT2D eigenvalue weighted by Crippen LogP contribution is 2.21. The lowest BCUT2D eigenvalue weighted by Gasteiger charge is -2.09. The van der Waals surface area contributed by atoms with Crippen molar-refractivity contribution in [2.75, 3.05) is 0 Å². The fourth-order valence-electron chi connectivity index (χ4n) is 1.19. The van der Waals surface area contributed by atoms with Gasteiger partial charge in [0, 0.05) is 0 Å². The third-order valence-electron chi connectivity index (χ3n) is 1.92. The van der Waals surface area contributed by atoms with Crippen molar-refractivity contribution in [2.45, 2.75) is 31.3 Å². The summed E-state index contributed by atoms with van der Waals surface area (Å²) in [6.45, 7) is 1.71. The van der Waals surface area contributed by atoms with Gasteiger partial charge in [-0.1, -0.05) is 5.92 Å². The minimum atomic E-state index is -0.871. The number of ether oxygens (including phenoxy) is 1. The lowest BCUT2D eigenvalue weighted by Crippen LogP contribution is -2.30. The van der Waals surface area contributed by atoms with Crippen LogP contribution in [0.25, 0.3) is 0 Å². The van der Waals surface area contributed by atoms with Gasteiger partial charge in [0.05, 0.1) is 6.10 Å². The van der Waals surface area contributed by atoms with E-state index in [1.807, 2.05) is 0 Å². The predicted octanol–water partition coefficient (Wildman–Crippen LogP) is -0.315. The van der Waals surface area contributed by atoms with Crippen molar-refractivity contribution >= 4 is 0 Å². The van der Waals surface area contributed by atoms with E-state index >= 15 is 0 Å². The number of aliphatic hydroxyl groups excluding tert-OH is 2. The zero-order valence-electron chi connectivity index (χ0n) is 6.84. The Hall–Kier alpha value is -0.820. The van der Waals surface area contributed by atoms with Crippen LogP contribution < -0.4 is 0 Å². The van der Waals surface area contributed by atoms with Crippen LogP contribution in [-0.2, 0) is 4.74 Å². The van der Waals surface area contributed by atoms with E-state index in [0.717, 1.165) is 0 Å². The Kier molecular flexibility index (Phi) is 2.88. The molecule has 0 aromatic heterocycles. The van der Waals surface area contributed by atoms with E-state index in [0.29, 0.717) is 0 Å². The first kappa shape index (κ1) is 9.27. The van der Waals surface area contributed by atoms with Crippen LogP contribution >= 0.6 is 0 Å². The molecular formula is C9H12O3. The average Bonchev–Trinajstić information content (AvgIpc) is 2.30. The molecular weight excluding hydrogens is 156 g/mol. The molecule has 0 aromatic rings. The number of allylic oxidation sites excluding steroid dienone is 1. The minimum absolute atomic E-state index is 0.340. The second-order valence-electron chi connectivity index (χ2n) is 2.81. The summed E-state index contributed by atoms with van der Waals surface area (Å²) in [5.41, 5.74) is 0. The van der Waals surface area contributed by atoms with Crippen LogP contribution in [0.1, 0.15) is 6.92 Å². The fourth-order valence-corrected chi connectivity index (χ4v) is 1.19. The monoisotopic (exact) mass is 168 g/mol. The summed E-state index contributed by atoms with van der Waals surface area (Å²) in [6.07, 6.45) is 5.50. The molecule has 4 atom stereocenters. The van der Waals surface area contributed by atoms with Gasteiger partial charge in [-0.25, -0.2) is 0 Å². The summed E-state index contributed by atoms with van der Waals surface area (Å²) in [5.74, 6) is 2.29. The van der Waals surface area contributed by atoms with Gasteiger partial charge < -0.3 is 14.9 Å². The smallest absolute Gasteiger partial charge is 0.112 e. The number of hydrogen-bond donors (Lipinski definition) is 2. The van der Waals surface area contributed by atoms with E-state index < -0.39 is 18.3 Å². The van der Waals surface area contributed by atoms with Crippen LogP contribution in [0, 0.1) is 12.3 Å². The average molecular weight is 168 g/mol. The summed E-state index contributed by atoms with van der Waals surface area (Å²) >= 11 is 0. The maximum absolute atomic E-state index is 9.36. The van der Waals surface area contributed by atoms with Gasteiger partial charge >= 0.3 is 0 Å². The van der Waals surface area contributed by atoms with E-state index in [2.05, 4.69) is 5.92 Å². The van der Waals surface area contributed by atoms with Crippen molar-refractivity contribution in [1.82, 2.24) is 0 Å². The molecule has 1 fully saturated rings. The van der Waals surface area contributed by atoms with Crippen molar-refractivity contribution in [3.05, 3.63) is 12.2 Å². The van der Waals surface area contributed by atoms with Crippen LogP contribution in [0.15, 0.2) is 12.2 Å². The normalized spacial score (nSPS) is 41.8. The van der Waals surface area contributed by atoms with Gasteiger partial charge in [-0.05, 0) is 19.1 Å².